The highest BCUT2D eigenvalue weighted by molar-refractivity contribution is 14.1. The SMILES string of the molecule is O=C(Nc1cccc(I)c1)c1cc(NC(=O)[C@@H]2[C@@H](c3cc(Cl)cc(Cl)c3)C2(Cl)Cl)ccc1Cl. The summed E-state index contributed by atoms with van der Waals surface area (Å²) in [5.41, 5.74) is 1.90. The fourth-order valence-electron chi connectivity index (χ4n) is 3.58. The molecule has 2 N–H and O–H groups in total. The van der Waals surface area contributed by atoms with E-state index in [1.807, 2.05) is 18.2 Å². The number of hydrogen-bond acceptors (Lipinski definition) is 2. The molecule has 1 aliphatic carbocycles. The first kappa shape index (κ1) is 24.9. The van der Waals surface area contributed by atoms with Crippen LogP contribution in [0.25, 0.3) is 0 Å². The quantitative estimate of drug-likeness (QED) is 0.216. The Morgan fingerprint density at radius 3 is 2.18 bits per heavy atom. The Morgan fingerprint density at radius 2 is 1.52 bits per heavy atom. The van der Waals surface area contributed by atoms with E-state index >= 15 is 0 Å². The van der Waals surface area contributed by atoms with Gasteiger partial charge in [0.25, 0.3) is 5.91 Å². The topological polar surface area (TPSA) is 58.2 Å². The summed E-state index contributed by atoms with van der Waals surface area (Å²) in [4.78, 5) is 25.7. The average Bonchev–Trinajstić information content (AvgIpc) is 3.31. The van der Waals surface area contributed by atoms with Crippen LogP contribution >= 0.6 is 80.6 Å². The van der Waals surface area contributed by atoms with E-state index in [4.69, 9.17) is 58.0 Å². The average molecular weight is 655 g/mol. The molecule has 3 aromatic carbocycles. The molecule has 33 heavy (non-hydrogen) atoms. The normalized spacial score (nSPS) is 18.5. The van der Waals surface area contributed by atoms with Crippen LogP contribution in [0.15, 0.2) is 60.7 Å². The summed E-state index contributed by atoms with van der Waals surface area (Å²) >= 11 is 33.4. The molecular weight excluding hydrogens is 640 g/mol. The van der Waals surface area contributed by atoms with Crippen molar-refractivity contribution in [3.63, 3.8) is 0 Å². The van der Waals surface area contributed by atoms with Gasteiger partial charge in [-0.2, -0.15) is 0 Å². The highest BCUT2D eigenvalue weighted by Crippen LogP contribution is 2.65. The smallest absolute Gasteiger partial charge is 0.257 e. The first-order valence-electron chi connectivity index (χ1n) is 9.57. The summed E-state index contributed by atoms with van der Waals surface area (Å²) in [6, 6.07) is 16.9. The summed E-state index contributed by atoms with van der Waals surface area (Å²) in [7, 11) is 0. The van der Waals surface area contributed by atoms with E-state index < -0.39 is 28.0 Å². The fraction of sp³-hybridized carbons (Fsp3) is 0.130. The number of halogens is 6. The monoisotopic (exact) mass is 652 g/mol. The molecule has 2 amide bonds. The number of benzene rings is 3. The Morgan fingerprint density at radius 1 is 0.848 bits per heavy atom. The van der Waals surface area contributed by atoms with Gasteiger partial charge in [0, 0.05) is 30.9 Å². The second-order valence-electron chi connectivity index (χ2n) is 7.48. The number of carbonyl (C=O) groups is 2. The van der Waals surface area contributed by atoms with E-state index in [0.29, 0.717) is 27.0 Å². The van der Waals surface area contributed by atoms with Crippen LogP contribution in [-0.4, -0.2) is 16.1 Å². The van der Waals surface area contributed by atoms with Crippen LogP contribution < -0.4 is 10.6 Å². The zero-order valence-electron chi connectivity index (χ0n) is 16.5. The Labute approximate surface area is 229 Å². The molecular formula is C23H14Cl5IN2O2. The van der Waals surface area contributed by atoms with Crippen LogP contribution in [-0.2, 0) is 4.79 Å². The molecule has 170 valence electrons. The minimum absolute atomic E-state index is 0.213. The molecule has 0 saturated heterocycles. The molecule has 3 aromatic rings. The zero-order valence-corrected chi connectivity index (χ0v) is 22.4. The Balaban J connectivity index is 1.51. The van der Waals surface area contributed by atoms with Gasteiger partial charge in [0.05, 0.1) is 16.5 Å². The van der Waals surface area contributed by atoms with Crippen LogP contribution in [0.2, 0.25) is 15.1 Å². The molecule has 0 radical (unpaired) electrons. The van der Waals surface area contributed by atoms with Crippen molar-refractivity contribution in [2.75, 3.05) is 10.6 Å². The second-order valence-corrected chi connectivity index (χ2v) is 11.5. The lowest BCUT2D eigenvalue weighted by Gasteiger charge is -2.10. The molecule has 0 aliphatic heterocycles. The van der Waals surface area contributed by atoms with Gasteiger partial charge >= 0.3 is 0 Å². The number of hydrogen-bond donors (Lipinski definition) is 2. The Kier molecular flexibility index (Phi) is 7.39. The van der Waals surface area contributed by atoms with Gasteiger partial charge < -0.3 is 10.6 Å². The molecule has 1 aliphatic rings. The van der Waals surface area contributed by atoms with E-state index in [1.165, 1.54) is 12.1 Å². The Bertz CT molecular complexity index is 1250. The molecule has 0 bridgehead atoms. The summed E-state index contributed by atoms with van der Waals surface area (Å²) in [6.45, 7) is 0. The number of carbonyl (C=O) groups excluding carboxylic acids is 2. The third-order valence-corrected chi connectivity index (χ3v) is 7.52. The summed E-state index contributed by atoms with van der Waals surface area (Å²) in [6.07, 6.45) is 0. The summed E-state index contributed by atoms with van der Waals surface area (Å²) in [5, 5.41) is 6.67. The van der Waals surface area contributed by atoms with Crippen molar-refractivity contribution >= 4 is 104 Å². The van der Waals surface area contributed by atoms with Gasteiger partial charge in [-0.1, -0.05) is 40.9 Å². The predicted molar refractivity (Wildman–Crippen MR) is 144 cm³/mol. The van der Waals surface area contributed by atoms with Crippen molar-refractivity contribution in [1.29, 1.82) is 0 Å². The van der Waals surface area contributed by atoms with Crippen LogP contribution in [0.5, 0.6) is 0 Å². The molecule has 0 spiro atoms. The third kappa shape index (κ3) is 5.55. The van der Waals surface area contributed by atoms with Crippen LogP contribution in [0.1, 0.15) is 21.8 Å². The van der Waals surface area contributed by atoms with E-state index in [2.05, 4.69) is 33.2 Å². The first-order chi connectivity index (χ1) is 15.6. The number of anilines is 2. The van der Waals surface area contributed by atoms with Crippen molar-refractivity contribution in [3.05, 3.63) is 90.4 Å². The predicted octanol–water partition coefficient (Wildman–Crippen LogP) is 8.03. The molecule has 1 saturated carbocycles. The number of alkyl halides is 2. The highest BCUT2D eigenvalue weighted by atomic mass is 127. The molecule has 4 nitrogen and oxygen atoms in total. The van der Waals surface area contributed by atoms with Gasteiger partial charge in [0.1, 0.15) is 4.33 Å². The minimum Gasteiger partial charge on any atom is -0.326 e. The first-order valence-corrected chi connectivity index (χ1v) is 12.5. The molecule has 0 unspecified atom stereocenters. The molecule has 1 fully saturated rings. The van der Waals surface area contributed by atoms with E-state index in [0.717, 1.165) is 3.57 Å². The van der Waals surface area contributed by atoms with Crippen LogP contribution in [0, 0.1) is 9.49 Å². The lowest BCUT2D eigenvalue weighted by atomic mass is 10.1. The van der Waals surface area contributed by atoms with Gasteiger partial charge in [0.2, 0.25) is 5.91 Å². The van der Waals surface area contributed by atoms with Crippen molar-refractivity contribution in [2.24, 2.45) is 5.92 Å². The maximum absolute atomic E-state index is 13.0. The highest BCUT2D eigenvalue weighted by Gasteiger charge is 2.67. The molecule has 0 aromatic heterocycles. The van der Waals surface area contributed by atoms with Crippen LogP contribution in [0.3, 0.4) is 0 Å². The number of rotatable bonds is 5. The second kappa shape index (κ2) is 9.80. The van der Waals surface area contributed by atoms with Gasteiger partial charge in [-0.25, -0.2) is 0 Å². The van der Waals surface area contributed by atoms with E-state index in [1.54, 1.807) is 30.3 Å². The number of amides is 2. The fourth-order valence-corrected chi connectivity index (χ4v) is 5.70. The van der Waals surface area contributed by atoms with Crippen molar-refractivity contribution in [1.82, 2.24) is 0 Å². The van der Waals surface area contributed by atoms with Crippen molar-refractivity contribution in [2.45, 2.75) is 10.3 Å². The van der Waals surface area contributed by atoms with E-state index in [9.17, 15) is 9.59 Å². The molecule has 0 heterocycles. The minimum atomic E-state index is -1.31. The van der Waals surface area contributed by atoms with Gasteiger partial charge in [-0.15, -0.1) is 23.2 Å². The van der Waals surface area contributed by atoms with Crippen molar-refractivity contribution in [3.8, 4) is 0 Å². The number of nitrogens with one attached hydrogen (secondary N) is 2. The third-order valence-electron chi connectivity index (χ3n) is 5.14. The van der Waals surface area contributed by atoms with Crippen molar-refractivity contribution < 1.29 is 9.59 Å². The summed E-state index contributed by atoms with van der Waals surface area (Å²) < 4.78 is -0.335. The lowest BCUT2D eigenvalue weighted by Crippen LogP contribution is -2.18. The molecule has 10 heteroatoms. The van der Waals surface area contributed by atoms with Gasteiger partial charge in [-0.3, -0.25) is 9.59 Å². The van der Waals surface area contributed by atoms with E-state index in [-0.39, 0.29) is 10.6 Å². The zero-order chi connectivity index (χ0) is 23.9. The van der Waals surface area contributed by atoms with Crippen LogP contribution in [0.4, 0.5) is 11.4 Å². The molecule has 2 atom stereocenters. The lowest BCUT2D eigenvalue weighted by molar-refractivity contribution is -0.117. The molecule has 4 rings (SSSR count). The maximum atomic E-state index is 13.0. The Hall–Kier alpha value is -1.22. The van der Waals surface area contributed by atoms with Gasteiger partial charge in [0.15, 0.2) is 0 Å². The standard InChI is InChI=1S/C23H14Cl5IN2O2/c24-12-6-11(7-13(25)8-12)19-20(23(19,27)28)22(33)31-16-4-5-18(26)17(10-16)21(32)30-15-3-1-2-14(29)9-15/h1-10,19-20H,(H,30,32)(H,31,33)/t19-,20+/m1/s1. The maximum Gasteiger partial charge on any atom is 0.257 e. The summed E-state index contributed by atoms with van der Waals surface area (Å²) in [5.74, 6) is -2.00. The van der Waals surface area contributed by atoms with Gasteiger partial charge in [-0.05, 0) is 82.8 Å². The largest absolute Gasteiger partial charge is 0.326 e.